The Hall–Kier alpha value is -1.76. The number of hydrogen-bond donors (Lipinski definition) is 2. The Morgan fingerprint density at radius 2 is 1.95 bits per heavy atom. The SMILES string of the molecule is CCOC(=S)SC(CCC(=O)N1CCOC1=O)[C@]1(C)C[C@@H](OC(=O)CO)[C@@]2(C)[C@@H]3C(=O)CC[C@@]3(CC[C@@H]2C)[C@H](C)[C@@H]1O. The van der Waals surface area contributed by atoms with E-state index in [1.54, 1.807) is 0 Å². The van der Waals surface area contributed by atoms with Crippen LogP contribution >= 0.6 is 24.0 Å². The average Bonchev–Trinajstić information content (AvgIpc) is 3.54. The maximum Gasteiger partial charge on any atom is 0.416 e. The quantitative estimate of drug-likeness (QED) is 0.299. The fourth-order valence-corrected chi connectivity index (χ4v) is 10.2. The number of cyclic esters (lactones) is 1. The first kappa shape index (κ1) is 33.1. The first-order chi connectivity index (χ1) is 19.8. The van der Waals surface area contributed by atoms with Gasteiger partial charge in [-0.15, -0.1) is 0 Å². The largest absolute Gasteiger partial charge is 0.479 e. The van der Waals surface area contributed by atoms with Gasteiger partial charge >= 0.3 is 12.1 Å². The maximum atomic E-state index is 13.6. The number of ketones is 1. The van der Waals surface area contributed by atoms with Crippen molar-refractivity contribution in [2.24, 2.45) is 34.0 Å². The molecule has 236 valence electrons. The number of imide groups is 1. The minimum atomic E-state index is -0.959. The first-order valence-corrected chi connectivity index (χ1v) is 16.4. The van der Waals surface area contributed by atoms with Crippen LogP contribution in [0.15, 0.2) is 0 Å². The molecule has 3 saturated carbocycles. The van der Waals surface area contributed by atoms with E-state index in [1.807, 2.05) is 27.7 Å². The van der Waals surface area contributed by atoms with E-state index in [0.29, 0.717) is 19.4 Å². The highest BCUT2D eigenvalue weighted by Crippen LogP contribution is 2.68. The highest BCUT2D eigenvalue weighted by Gasteiger charge is 2.69. The van der Waals surface area contributed by atoms with Gasteiger partial charge in [0.2, 0.25) is 10.3 Å². The lowest BCUT2D eigenvalue weighted by Crippen LogP contribution is -2.64. The third-order valence-corrected chi connectivity index (χ3v) is 12.9. The number of nitrogens with zero attached hydrogens (tertiary/aromatic N) is 1. The van der Waals surface area contributed by atoms with E-state index in [2.05, 4.69) is 6.92 Å². The summed E-state index contributed by atoms with van der Waals surface area (Å²) in [7, 11) is 0. The van der Waals surface area contributed by atoms with Gasteiger partial charge in [0.1, 0.15) is 25.1 Å². The second kappa shape index (κ2) is 12.7. The van der Waals surface area contributed by atoms with Gasteiger partial charge in [-0.2, -0.15) is 0 Å². The van der Waals surface area contributed by atoms with Gasteiger partial charge in [-0.05, 0) is 68.5 Å². The fraction of sp³-hybridized carbons (Fsp3) is 0.833. The Balaban J connectivity index is 1.79. The van der Waals surface area contributed by atoms with Gasteiger partial charge in [0.05, 0.1) is 19.3 Å². The molecule has 0 spiro atoms. The highest BCUT2D eigenvalue weighted by molar-refractivity contribution is 8.23. The number of esters is 1. The van der Waals surface area contributed by atoms with Crippen molar-refractivity contribution in [1.29, 1.82) is 0 Å². The van der Waals surface area contributed by atoms with Crippen LogP contribution in [0.1, 0.15) is 79.6 Å². The molecule has 1 aliphatic heterocycles. The fourth-order valence-electron chi connectivity index (χ4n) is 8.62. The Bertz CT molecular complexity index is 1100. The van der Waals surface area contributed by atoms with E-state index < -0.39 is 58.3 Å². The second-order valence-electron chi connectivity index (χ2n) is 13.0. The van der Waals surface area contributed by atoms with E-state index in [0.717, 1.165) is 17.7 Å². The van der Waals surface area contributed by atoms with Crippen molar-refractivity contribution in [3.63, 3.8) is 0 Å². The molecular weight excluding hydrogens is 582 g/mol. The predicted octanol–water partition coefficient (Wildman–Crippen LogP) is 3.88. The van der Waals surface area contributed by atoms with Crippen LogP contribution in [0.25, 0.3) is 0 Å². The number of thioether (sulfide) groups is 1. The molecule has 0 radical (unpaired) electrons. The minimum absolute atomic E-state index is 0.0131. The Morgan fingerprint density at radius 3 is 2.57 bits per heavy atom. The smallest absolute Gasteiger partial charge is 0.416 e. The minimum Gasteiger partial charge on any atom is -0.479 e. The zero-order valence-corrected chi connectivity index (χ0v) is 26.9. The van der Waals surface area contributed by atoms with E-state index in [4.69, 9.17) is 26.4 Å². The summed E-state index contributed by atoms with van der Waals surface area (Å²) in [5.74, 6) is -1.63. The number of rotatable bonds is 8. The lowest BCUT2D eigenvalue weighted by molar-refractivity contribution is -0.213. The summed E-state index contributed by atoms with van der Waals surface area (Å²) in [6, 6.07) is 0. The van der Waals surface area contributed by atoms with Crippen LogP contribution in [-0.4, -0.2) is 87.1 Å². The van der Waals surface area contributed by atoms with Gasteiger partial charge in [-0.3, -0.25) is 9.59 Å². The molecule has 4 fully saturated rings. The normalized spacial score (nSPS) is 38.6. The first-order valence-electron chi connectivity index (χ1n) is 15.1. The van der Waals surface area contributed by atoms with Crippen LogP contribution in [-0.2, 0) is 28.6 Å². The van der Waals surface area contributed by atoms with Crippen molar-refractivity contribution in [2.75, 3.05) is 26.4 Å². The van der Waals surface area contributed by atoms with Crippen molar-refractivity contribution >= 4 is 52.1 Å². The lowest BCUT2D eigenvalue weighted by atomic mass is 9.43. The molecule has 4 aliphatic rings. The van der Waals surface area contributed by atoms with Crippen LogP contribution < -0.4 is 0 Å². The monoisotopic (exact) mass is 627 g/mol. The van der Waals surface area contributed by atoms with Crippen LogP contribution in [0.3, 0.4) is 0 Å². The van der Waals surface area contributed by atoms with Crippen LogP contribution in [0.5, 0.6) is 0 Å². The van der Waals surface area contributed by atoms with Crippen molar-refractivity contribution in [3.05, 3.63) is 0 Å². The number of aliphatic hydroxyl groups excluding tert-OH is 2. The van der Waals surface area contributed by atoms with Gasteiger partial charge in [-0.1, -0.05) is 39.5 Å². The predicted molar refractivity (Wildman–Crippen MR) is 159 cm³/mol. The van der Waals surface area contributed by atoms with E-state index >= 15 is 0 Å². The van der Waals surface area contributed by atoms with Gasteiger partial charge < -0.3 is 24.4 Å². The molecule has 3 aliphatic carbocycles. The summed E-state index contributed by atoms with van der Waals surface area (Å²) in [5, 5.41) is 21.6. The van der Waals surface area contributed by atoms with Gasteiger partial charge in [0.15, 0.2) is 0 Å². The van der Waals surface area contributed by atoms with E-state index in [9.17, 15) is 29.4 Å². The third kappa shape index (κ3) is 5.61. The number of hydrogen-bond acceptors (Lipinski definition) is 11. The van der Waals surface area contributed by atoms with Crippen LogP contribution in [0.4, 0.5) is 4.79 Å². The molecule has 2 bridgehead atoms. The van der Waals surface area contributed by atoms with Crippen molar-refractivity contribution in [2.45, 2.75) is 97.0 Å². The molecule has 0 aromatic heterocycles. The standard InChI is InChI=1S/C30H45NO9S2/c1-6-38-27(41)42-21(7-8-22(34)31-13-14-39-26(31)37)28(4)15-20(40-23(35)16-32)29(5)17(2)9-11-30(18(3)25(28)36)12-10-19(33)24(29)30/h17-18,20-21,24-25,32,36H,6-16H2,1-5H3/t17-,18+,20+,21?,24-,25-,28-,29-,30-/m0/s1. The van der Waals surface area contributed by atoms with Crippen molar-refractivity contribution in [1.82, 2.24) is 4.90 Å². The van der Waals surface area contributed by atoms with E-state index in [-0.39, 0.29) is 60.3 Å². The van der Waals surface area contributed by atoms with Gasteiger partial charge in [0, 0.05) is 34.8 Å². The topological polar surface area (TPSA) is 140 Å². The number of thiocarbonyl (C=S) groups is 1. The number of aliphatic hydroxyl groups is 2. The molecule has 0 aromatic carbocycles. The number of amides is 2. The summed E-state index contributed by atoms with van der Waals surface area (Å²) in [4.78, 5) is 52.5. The molecule has 42 heavy (non-hydrogen) atoms. The molecule has 1 saturated heterocycles. The second-order valence-corrected chi connectivity index (χ2v) is 14.8. The number of carbonyl (C=O) groups excluding carboxylic acids is 4. The van der Waals surface area contributed by atoms with Crippen LogP contribution in [0.2, 0.25) is 0 Å². The molecular formula is C30H45NO9S2. The summed E-state index contributed by atoms with van der Waals surface area (Å²) >= 11 is 6.80. The van der Waals surface area contributed by atoms with Crippen molar-refractivity contribution in [3.8, 4) is 0 Å². The summed E-state index contributed by atoms with van der Waals surface area (Å²) < 4.78 is 16.9. The van der Waals surface area contributed by atoms with Crippen LogP contribution in [0, 0.1) is 34.0 Å². The lowest BCUT2D eigenvalue weighted by Gasteiger charge is -2.62. The third-order valence-electron chi connectivity index (χ3n) is 11.2. The van der Waals surface area contributed by atoms with Gasteiger partial charge in [0.25, 0.3) is 0 Å². The Morgan fingerprint density at radius 1 is 1.24 bits per heavy atom. The molecule has 4 rings (SSSR count). The molecule has 2 N–H and O–H groups in total. The maximum absolute atomic E-state index is 13.6. The number of carbonyl (C=O) groups is 4. The molecule has 9 atom stereocenters. The molecule has 2 amide bonds. The van der Waals surface area contributed by atoms with Gasteiger partial charge in [-0.25, -0.2) is 14.5 Å². The molecule has 0 aromatic rings. The van der Waals surface area contributed by atoms with E-state index in [1.165, 1.54) is 11.8 Å². The summed E-state index contributed by atoms with van der Waals surface area (Å²) in [6.45, 7) is 9.82. The summed E-state index contributed by atoms with van der Waals surface area (Å²) in [6.07, 6.45) is 0.759. The van der Waals surface area contributed by atoms with Crippen molar-refractivity contribution < 1.29 is 43.6 Å². The Labute approximate surface area is 257 Å². The highest BCUT2D eigenvalue weighted by atomic mass is 32.2. The Kier molecular flexibility index (Phi) is 10.0. The number of Topliss-reactive ketones (excluding diaryl/α,β-unsaturated/α-hetero) is 1. The summed E-state index contributed by atoms with van der Waals surface area (Å²) in [5.41, 5.74) is -2.16. The molecule has 10 nitrogen and oxygen atoms in total. The zero-order valence-electron chi connectivity index (χ0n) is 25.3. The average molecular weight is 628 g/mol. The molecule has 1 unspecified atom stereocenters. The molecule has 1 heterocycles. The number of ether oxygens (including phenoxy) is 3. The zero-order chi connectivity index (χ0) is 31.0. The molecule has 12 heteroatoms.